The fourth-order valence-corrected chi connectivity index (χ4v) is 6.43. The van der Waals surface area contributed by atoms with E-state index in [2.05, 4.69) is 66.1 Å². The van der Waals surface area contributed by atoms with Gasteiger partial charge in [-0.2, -0.15) is 10.1 Å². The molecule has 1 aliphatic carbocycles. The van der Waals surface area contributed by atoms with Crippen LogP contribution >= 0.6 is 0 Å². The molecule has 4 heterocycles. The molecule has 41 heavy (non-hydrogen) atoms. The van der Waals surface area contributed by atoms with Crippen LogP contribution in [0.3, 0.4) is 0 Å². The van der Waals surface area contributed by atoms with E-state index in [-0.39, 0.29) is 0 Å². The van der Waals surface area contributed by atoms with Crippen molar-refractivity contribution in [1.82, 2.24) is 34.5 Å². The van der Waals surface area contributed by atoms with E-state index in [1.165, 1.54) is 25.9 Å². The number of nitrogen functional groups attached to an aromatic ring is 1. The molecule has 2 aromatic carbocycles. The average molecular weight is 552 g/mol. The summed E-state index contributed by atoms with van der Waals surface area (Å²) in [5.41, 5.74) is 13.0. The number of hydrogen-bond acceptors (Lipinski definition) is 9. The third-order valence-corrected chi connectivity index (χ3v) is 8.88. The number of rotatable bonds is 6. The highest BCUT2D eigenvalue weighted by Crippen LogP contribution is 2.37. The van der Waals surface area contributed by atoms with Crippen molar-refractivity contribution in [2.75, 3.05) is 44.3 Å². The van der Waals surface area contributed by atoms with Crippen LogP contribution in [0.25, 0.3) is 33.4 Å². The van der Waals surface area contributed by atoms with Gasteiger partial charge in [0.2, 0.25) is 0 Å². The number of nitrogens with one attached hydrogen (secondary N) is 1. The normalized spacial score (nSPS) is 20.6. The van der Waals surface area contributed by atoms with Crippen LogP contribution in [0.4, 0.5) is 11.8 Å². The van der Waals surface area contributed by atoms with Crippen LogP contribution in [0.5, 0.6) is 0 Å². The lowest BCUT2D eigenvalue weighted by molar-refractivity contribution is 0.0815. The monoisotopic (exact) mass is 551 g/mol. The molecule has 2 aliphatic rings. The van der Waals surface area contributed by atoms with Gasteiger partial charge in [-0.3, -0.25) is 4.90 Å². The number of oxazole rings is 1. The van der Waals surface area contributed by atoms with Crippen molar-refractivity contribution in [1.29, 1.82) is 0 Å². The van der Waals surface area contributed by atoms with Gasteiger partial charge in [0, 0.05) is 44.3 Å². The van der Waals surface area contributed by atoms with Gasteiger partial charge in [-0.05, 0) is 56.8 Å². The van der Waals surface area contributed by atoms with Crippen molar-refractivity contribution >= 4 is 34.0 Å². The second-order valence-corrected chi connectivity index (χ2v) is 11.5. The molecule has 0 atom stereocenters. The topological polar surface area (TPSA) is 114 Å². The number of piperazine rings is 1. The number of anilines is 2. The van der Waals surface area contributed by atoms with E-state index in [0.29, 0.717) is 30.5 Å². The molecule has 1 aliphatic heterocycles. The number of hydrogen-bond donors (Lipinski definition) is 2. The summed E-state index contributed by atoms with van der Waals surface area (Å²) in [6.45, 7) is 7.30. The van der Waals surface area contributed by atoms with Crippen molar-refractivity contribution < 1.29 is 4.42 Å². The maximum Gasteiger partial charge on any atom is 0.295 e. The Morgan fingerprint density at radius 1 is 0.951 bits per heavy atom. The highest BCUT2D eigenvalue weighted by molar-refractivity contribution is 5.98. The van der Waals surface area contributed by atoms with Crippen LogP contribution in [-0.2, 0) is 6.54 Å². The van der Waals surface area contributed by atoms with E-state index in [0.717, 1.165) is 70.4 Å². The lowest BCUT2D eigenvalue weighted by Gasteiger charge is -2.41. The molecule has 3 aromatic heterocycles. The molecule has 0 unspecified atom stereocenters. The summed E-state index contributed by atoms with van der Waals surface area (Å²) in [5.74, 6) is 0.472. The maximum atomic E-state index is 6.41. The van der Waals surface area contributed by atoms with Crippen LogP contribution in [0.15, 0.2) is 53.2 Å². The van der Waals surface area contributed by atoms with Gasteiger partial charge >= 0.3 is 0 Å². The van der Waals surface area contributed by atoms with Crippen LogP contribution in [0, 0.1) is 6.92 Å². The van der Waals surface area contributed by atoms with Crippen LogP contribution in [-0.4, -0.2) is 73.8 Å². The van der Waals surface area contributed by atoms with Gasteiger partial charge in [0.05, 0.1) is 11.4 Å². The van der Waals surface area contributed by atoms with E-state index in [4.69, 9.17) is 15.2 Å². The van der Waals surface area contributed by atoms with Crippen LogP contribution < -0.4 is 11.1 Å². The van der Waals surface area contributed by atoms with E-state index < -0.39 is 0 Å². The summed E-state index contributed by atoms with van der Waals surface area (Å²) in [7, 11) is 2.22. The second-order valence-electron chi connectivity index (χ2n) is 11.5. The standard InChI is InChI=1S/C31H37N9O/c1-20-4-3-5-25-27(20)36-31(41-25)33-18-21-6-8-22(9-7-21)28-26-29(32)34-19-35-30(26)40(37-28)24-12-10-23(11-13-24)39-16-14-38(2)15-17-39/h3-9,19,23-24H,10-18H2,1-2H3,(H,33,36)(H2,32,34,35). The van der Waals surface area contributed by atoms with Gasteiger partial charge in [0.1, 0.15) is 23.4 Å². The molecule has 5 aromatic rings. The summed E-state index contributed by atoms with van der Waals surface area (Å²) in [5, 5.41) is 9.26. The fraction of sp³-hybridized carbons (Fsp3) is 0.419. The lowest BCUT2D eigenvalue weighted by atomic mass is 9.90. The van der Waals surface area contributed by atoms with Crippen molar-refractivity contribution in [3.05, 3.63) is 59.9 Å². The molecular formula is C31H37N9O. The molecule has 212 valence electrons. The van der Waals surface area contributed by atoms with Crippen LogP contribution in [0.1, 0.15) is 42.9 Å². The number of likely N-dealkylation sites (N-methyl/N-ethyl adjacent to an activating group) is 1. The summed E-state index contributed by atoms with van der Waals surface area (Å²) in [4.78, 5) is 18.7. The molecular weight excluding hydrogens is 514 g/mol. The number of fused-ring (bicyclic) bond motifs is 2. The Labute approximate surface area is 239 Å². The third kappa shape index (κ3) is 5.02. The van der Waals surface area contributed by atoms with Gasteiger partial charge in [0.25, 0.3) is 6.01 Å². The minimum Gasteiger partial charge on any atom is -0.424 e. The molecule has 0 spiro atoms. The molecule has 3 N–H and O–H groups in total. The van der Waals surface area contributed by atoms with Gasteiger partial charge in [-0.1, -0.05) is 36.4 Å². The van der Waals surface area contributed by atoms with Gasteiger partial charge in [-0.25, -0.2) is 14.6 Å². The lowest BCUT2D eigenvalue weighted by Crippen LogP contribution is -2.49. The molecule has 0 bridgehead atoms. The molecule has 7 rings (SSSR count). The highest BCUT2D eigenvalue weighted by Gasteiger charge is 2.30. The predicted octanol–water partition coefficient (Wildman–Crippen LogP) is 4.87. The highest BCUT2D eigenvalue weighted by atomic mass is 16.4. The third-order valence-electron chi connectivity index (χ3n) is 8.88. The molecule has 10 nitrogen and oxygen atoms in total. The fourth-order valence-electron chi connectivity index (χ4n) is 6.43. The molecule has 1 saturated carbocycles. The largest absolute Gasteiger partial charge is 0.424 e. The summed E-state index contributed by atoms with van der Waals surface area (Å²) in [6.07, 6.45) is 6.12. The van der Waals surface area contributed by atoms with Crippen LogP contribution in [0.2, 0.25) is 0 Å². The van der Waals surface area contributed by atoms with E-state index in [1.807, 2.05) is 25.1 Å². The van der Waals surface area contributed by atoms with E-state index >= 15 is 0 Å². The molecule has 10 heteroatoms. The van der Waals surface area contributed by atoms with Gasteiger partial charge < -0.3 is 20.4 Å². The Morgan fingerprint density at radius 2 is 1.71 bits per heavy atom. The SMILES string of the molecule is Cc1cccc2oc(NCc3ccc(-c4nn(C5CCC(N6CCN(C)CC6)CC5)c5ncnc(N)c45)cc3)nc12. The zero-order valence-corrected chi connectivity index (χ0v) is 23.8. The number of nitrogens with zero attached hydrogens (tertiary/aromatic N) is 7. The Bertz CT molecular complexity index is 1660. The first-order chi connectivity index (χ1) is 20.0. The summed E-state index contributed by atoms with van der Waals surface area (Å²) >= 11 is 0. The molecule has 0 amide bonds. The Hall–Kier alpha value is -4.02. The zero-order valence-electron chi connectivity index (χ0n) is 23.8. The minimum absolute atomic E-state index is 0.313. The molecule has 0 radical (unpaired) electrons. The minimum atomic E-state index is 0.313. The smallest absolute Gasteiger partial charge is 0.295 e. The zero-order chi connectivity index (χ0) is 27.9. The second kappa shape index (κ2) is 10.8. The number of aryl methyl sites for hydroxylation is 1. The predicted molar refractivity (Wildman–Crippen MR) is 162 cm³/mol. The number of para-hydroxylation sites is 1. The first-order valence-electron chi connectivity index (χ1n) is 14.6. The first-order valence-corrected chi connectivity index (χ1v) is 14.6. The van der Waals surface area contributed by atoms with Gasteiger partial charge in [-0.15, -0.1) is 0 Å². The summed E-state index contributed by atoms with van der Waals surface area (Å²) in [6, 6.07) is 15.8. The average Bonchev–Trinajstić information content (AvgIpc) is 3.60. The van der Waals surface area contributed by atoms with E-state index in [9.17, 15) is 0 Å². The van der Waals surface area contributed by atoms with Gasteiger partial charge in [0.15, 0.2) is 11.2 Å². The Morgan fingerprint density at radius 3 is 2.46 bits per heavy atom. The quantitative estimate of drug-likeness (QED) is 0.305. The van der Waals surface area contributed by atoms with Crippen molar-refractivity contribution in [3.63, 3.8) is 0 Å². The van der Waals surface area contributed by atoms with E-state index in [1.54, 1.807) is 6.33 Å². The molecule has 2 fully saturated rings. The first kappa shape index (κ1) is 25.9. The van der Waals surface area contributed by atoms with Crippen molar-refractivity contribution in [2.45, 2.75) is 51.2 Å². The van der Waals surface area contributed by atoms with Crippen molar-refractivity contribution in [3.8, 4) is 11.3 Å². The Balaban J connectivity index is 1.08. The van der Waals surface area contributed by atoms with Crippen molar-refractivity contribution in [2.24, 2.45) is 0 Å². The number of nitrogens with two attached hydrogens (primary N) is 1. The maximum absolute atomic E-state index is 6.41. The summed E-state index contributed by atoms with van der Waals surface area (Å²) < 4.78 is 7.98. The molecule has 1 saturated heterocycles. The Kier molecular flexibility index (Phi) is 6.80. The number of benzene rings is 2. The number of aromatic nitrogens is 5.